The molecule has 2 aromatic rings. The number of nitrogens with zero attached hydrogens (tertiary/aromatic N) is 4. The molecule has 1 aliphatic heterocycles. The van der Waals surface area contributed by atoms with Crippen molar-refractivity contribution in [3.63, 3.8) is 0 Å². The Morgan fingerprint density at radius 3 is 2.80 bits per heavy atom. The zero-order chi connectivity index (χ0) is 10.3. The van der Waals surface area contributed by atoms with E-state index in [0.29, 0.717) is 0 Å². The molecular weight excluding hydrogens is 188 g/mol. The lowest BCUT2D eigenvalue weighted by molar-refractivity contribution is 0.921. The third kappa shape index (κ3) is 1.28. The molecule has 78 valence electrons. The fraction of sp³-hybridized carbons (Fsp3) is 0.455. The second kappa shape index (κ2) is 3.22. The summed E-state index contributed by atoms with van der Waals surface area (Å²) in [5, 5.41) is 1.17. The van der Waals surface area contributed by atoms with Gasteiger partial charge in [0.25, 0.3) is 0 Å². The third-order valence-corrected chi connectivity index (χ3v) is 3.05. The highest BCUT2D eigenvalue weighted by atomic mass is 15.2. The highest BCUT2D eigenvalue weighted by Crippen LogP contribution is 2.25. The molecule has 0 aromatic carbocycles. The molecule has 0 N–H and O–H groups in total. The first kappa shape index (κ1) is 8.71. The van der Waals surface area contributed by atoms with Crippen molar-refractivity contribution in [3.8, 4) is 0 Å². The van der Waals surface area contributed by atoms with Crippen molar-refractivity contribution < 1.29 is 0 Å². The van der Waals surface area contributed by atoms with Crippen LogP contribution >= 0.6 is 0 Å². The summed E-state index contributed by atoms with van der Waals surface area (Å²) in [6.07, 6.45) is 6.26. The molecule has 0 unspecified atom stereocenters. The van der Waals surface area contributed by atoms with Crippen LogP contribution in [-0.4, -0.2) is 27.6 Å². The number of aromatic nitrogens is 3. The molecule has 0 aliphatic carbocycles. The van der Waals surface area contributed by atoms with Crippen LogP contribution in [0, 0.1) is 0 Å². The average molecular weight is 202 g/mol. The number of fused-ring (bicyclic) bond motifs is 1. The van der Waals surface area contributed by atoms with Gasteiger partial charge in [0.05, 0.1) is 5.39 Å². The fourth-order valence-corrected chi connectivity index (χ4v) is 2.25. The Morgan fingerprint density at radius 2 is 2.00 bits per heavy atom. The van der Waals surface area contributed by atoms with Crippen LogP contribution in [0.1, 0.15) is 12.8 Å². The van der Waals surface area contributed by atoms with Gasteiger partial charge in [-0.3, -0.25) is 0 Å². The minimum atomic E-state index is 1.02. The molecule has 1 fully saturated rings. The fourth-order valence-electron chi connectivity index (χ4n) is 2.25. The van der Waals surface area contributed by atoms with Gasteiger partial charge in [0.2, 0.25) is 0 Å². The average Bonchev–Trinajstić information content (AvgIpc) is 2.88. The highest BCUT2D eigenvalue weighted by molar-refractivity contribution is 5.87. The van der Waals surface area contributed by atoms with Gasteiger partial charge in [0.1, 0.15) is 17.8 Å². The van der Waals surface area contributed by atoms with Crippen LogP contribution in [0.5, 0.6) is 0 Å². The number of rotatable bonds is 1. The summed E-state index contributed by atoms with van der Waals surface area (Å²) in [4.78, 5) is 11.1. The van der Waals surface area contributed by atoms with E-state index >= 15 is 0 Å². The zero-order valence-electron chi connectivity index (χ0n) is 8.85. The summed E-state index contributed by atoms with van der Waals surface area (Å²) in [5.41, 5.74) is 1.02. The lowest BCUT2D eigenvalue weighted by atomic mass is 10.3. The van der Waals surface area contributed by atoms with Crippen LogP contribution in [0.15, 0.2) is 18.6 Å². The van der Waals surface area contributed by atoms with Gasteiger partial charge in [0, 0.05) is 26.3 Å². The van der Waals surface area contributed by atoms with E-state index in [1.54, 1.807) is 6.33 Å². The van der Waals surface area contributed by atoms with E-state index in [-0.39, 0.29) is 0 Å². The van der Waals surface area contributed by atoms with Crippen molar-refractivity contribution in [1.82, 2.24) is 14.5 Å². The van der Waals surface area contributed by atoms with Gasteiger partial charge in [-0.05, 0) is 18.9 Å². The summed E-state index contributed by atoms with van der Waals surface area (Å²) >= 11 is 0. The maximum Gasteiger partial charge on any atom is 0.145 e. The van der Waals surface area contributed by atoms with Crippen LogP contribution in [0.2, 0.25) is 0 Å². The second-order valence-corrected chi connectivity index (χ2v) is 4.06. The summed E-state index contributed by atoms with van der Waals surface area (Å²) in [6.45, 7) is 2.25. The first-order valence-electron chi connectivity index (χ1n) is 5.37. The summed E-state index contributed by atoms with van der Waals surface area (Å²) < 4.78 is 2.04. The summed E-state index contributed by atoms with van der Waals surface area (Å²) in [7, 11) is 2.02. The van der Waals surface area contributed by atoms with Crippen molar-refractivity contribution in [2.45, 2.75) is 12.8 Å². The smallest absolute Gasteiger partial charge is 0.145 e. The Balaban J connectivity index is 2.17. The molecule has 3 heterocycles. The normalized spacial score (nSPS) is 16.5. The van der Waals surface area contributed by atoms with Crippen molar-refractivity contribution in [2.75, 3.05) is 18.0 Å². The molecular formula is C11H14N4. The van der Waals surface area contributed by atoms with Gasteiger partial charge < -0.3 is 9.47 Å². The molecule has 0 amide bonds. The molecule has 0 saturated carbocycles. The van der Waals surface area contributed by atoms with Crippen molar-refractivity contribution in [3.05, 3.63) is 18.6 Å². The summed E-state index contributed by atoms with van der Waals surface area (Å²) in [5.74, 6) is 1.10. The quantitative estimate of drug-likeness (QED) is 0.704. The standard InChI is InChI=1S/C11H14N4/c1-14-7-4-9-10(14)12-8-13-11(9)15-5-2-3-6-15/h4,7-8H,2-3,5-6H2,1H3. The number of hydrogen-bond donors (Lipinski definition) is 0. The highest BCUT2D eigenvalue weighted by Gasteiger charge is 2.17. The van der Waals surface area contributed by atoms with Crippen LogP contribution in [0.4, 0.5) is 5.82 Å². The van der Waals surface area contributed by atoms with E-state index in [4.69, 9.17) is 0 Å². The first-order valence-corrected chi connectivity index (χ1v) is 5.37. The molecule has 0 bridgehead atoms. The van der Waals surface area contributed by atoms with Gasteiger partial charge >= 0.3 is 0 Å². The molecule has 4 nitrogen and oxygen atoms in total. The van der Waals surface area contributed by atoms with Crippen LogP contribution < -0.4 is 4.90 Å². The topological polar surface area (TPSA) is 34.0 Å². The molecule has 4 heteroatoms. The lowest BCUT2D eigenvalue weighted by Crippen LogP contribution is -2.19. The van der Waals surface area contributed by atoms with E-state index in [2.05, 4.69) is 20.9 Å². The van der Waals surface area contributed by atoms with E-state index in [1.807, 2.05) is 17.8 Å². The maximum absolute atomic E-state index is 4.40. The van der Waals surface area contributed by atoms with Gasteiger partial charge in [0.15, 0.2) is 0 Å². The maximum atomic E-state index is 4.40. The first-order chi connectivity index (χ1) is 7.36. The molecule has 0 radical (unpaired) electrons. The molecule has 3 rings (SSSR count). The minimum absolute atomic E-state index is 1.02. The van der Waals surface area contributed by atoms with Crippen molar-refractivity contribution >= 4 is 16.9 Å². The van der Waals surface area contributed by atoms with Crippen molar-refractivity contribution in [1.29, 1.82) is 0 Å². The summed E-state index contributed by atoms with van der Waals surface area (Å²) in [6, 6.07) is 2.10. The van der Waals surface area contributed by atoms with E-state index in [0.717, 1.165) is 24.6 Å². The SMILES string of the molecule is Cn1ccc2c(N3CCCC3)ncnc21. The number of hydrogen-bond acceptors (Lipinski definition) is 3. The van der Waals surface area contributed by atoms with E-state index < -0.39 is 0 Å². The Kier molecular flexibility index (Phi) is 1.87. The van der Waals surface area contributed by atoms with Crippen molar-refractivity contribution in [2.24, 2.45) is 7.05 Å². The van der Waals surface area contributed by atoms with Crippen LogP contribution in [0.3, 0.4) is 0 Å². The van der Waals surface area contributed by atoms with Gasteiger partial charge in [-0.25, -0.2) is 9.97 Å². The zero-order valence-corrected chi connectivity index (χ0v) is 8.85. The molecule has 0 spiro atoms. The minimum Gasteiger partial charge on any atom is -0.356 e. The van der Waals surface area contributed by atoms with E-state index in [1.165, 1.54) is 18.2 Å². The Morgan fingerprint density at radius 1 is 1.20 bits per heavy atom. The number of aryl methyl sites for hydroxylation is 1. The molecule has 2 aromatic heterocycles. The molecule has 0 atom stereocenters. The molecule has 15 heavy (non-hydrogen) atoms. The number of anilines is 1. The predicted molar refractivity (Wildman–Crippen MR) is 60.0 cm³/mol. The monoisotopic (exact) mass is 202 g/mol. The largest absolute Gasteiger partial charge is 0.356 e. The lowest BCUT2D eigenvalue weighted by Gasteiger charge is -2.16. The van der Waals surface area contributed by atoms with E-state index in [9.17, 15) is 0 Å². The van der Waals surface area contributed by atoms with Crippen LogP contribution in [0.25, 0.3) is 11.0 Å². The predicted octanol–water partition coefficient (Wildman–Crippen LogP) is 1.57. The molecule has 1 saturated heterocycles. The van der Waals surface area contributed by atoms with Crippen LogP contribution in [-0.2, 0) is 7.05 Å². The van der Waals surface area contributed by atoms with Gasteiger partial charge in [-0.15, -0.1) is 0 Å². The Hall–Kier alpha value is -1.58. The van der Waals surface area contributed by atoms with Gasteiger partial charge in [-0.2, -0.15) is 0 Å². The molecule has 1 aliphatic rings. The Bertz CT molecular complexity index is 482. The second-order valence-electron chi connectivity index (χ2n) is 4.06. The third-order valence-electron chi connectivity index (χ3n) is 3.05. The van der Waals surface area contributed by atoms with Gasteiger partial charge in [-0.1, -0.05) is 0 Å². The Labute approximate surface area is 88.6 Å².